The zero-order valence-electron chi connectivity index (χ0n) is 11.5. The zero-order valence-corrected chi connectivity index (χ0v) is 11.5. The Morgan fingerprint density at radius 1 is 1.29 bits per heavy atom. The molecule has 0 saturated heterocycles. The van der Waals surface area contributed by atoms with Crippen LogP contribution in [-0.2, 0) is 0 Å². The topological polar surface area (TPSA) is 24.1 Å². The van der Waals surface area contributed by atoms with E-state index in [1.54, 1.807) is 0 Å². The normalized spacial score (nSPS) is 17.6. The third kappa shape index (κ3) is 6.64. The Morgan fingerprint density at radius 2 is 2.18 bits per heavy atom. The Labute approximate surface area is 107 Å². The highest BCUT2D eigenvalue weighted by molar-refractivity contribution is 5.23. The molecule has 2 nitrogen and oxygen atoms in total. The van der Waals surface area contributed by atoms with Gasteiger partial charge in [0.25, 0.3) is 0 Å². The van der Waals surface area contributed by atoms with Crippen LogP contribution in [0.15, 0.2) is 23.8 Å². The number of allylic oxidation sites excluding steroid dienone is 2. The number of hydrogen-bond acceptors (Lipinski definition) is 2. The van der Waals surface area contributed by atoms with Gasteiger partial charge in [0.2, 0.25) is 0 Å². The summed E-state index contributed by atoms with van der Waals surface area (Å²) in [5.74, 6) is 0.706. The minimum absolute atomic E-state index is 0.706. The van der Waals surface area contributed by atoms with Crippen molar-refractivity contribution in [2.24, 2.45) is 5.92 Å². The average Bonchev–Trinajstić information content (AvgIpc) is 2.62. The molecule has 17 heavy (non-hydrogen) atoms. The molecule has 1 aliphatic heterocycles. The second kappa shape index (κ2) is 9.43. The lowest BCUT2D eigenvalue weighted by molar-refractivity contribution is 0.540. The van der Waals surface area contributed by atoms with Gasteiger partial charge in [0.1, 0.15) is 0 Å². The molecule has 1 heterocycles. The van der Waals surface area contributed by atoms with Crippen LogP contribution in [0.3, 0.4) is 0 Å². The zero-order chi connectivity index (χ0) is 12.3. The van der Waals surface area contributed by atoms with E-state index < -0.39 is 0 Å². The molecule has 0 radical (unpaired) electrons. The number of hydrogen-bond donors (Lipinski definition) is 2. The molecule has 1 rings (SSSR count). The van der Waals surface area contributed by atoms with Crippen molar-refractivity contribution in [1.82, 2.24) is 10.6 Å². The summed E-state index contributed by atoms with van der Waals surface area (Å²) in [6.45, 7) is 8.93. The van der Waals surface area contributed by atoms with E-state index in [0.717, 1.165) is 19.6 Å². The van der Waals surface area contributed by atoms with Crippen molar-refractivity contribution in [1.29, 1.82) is 0 Å². The smallest absolute Gasteiger partial charge is 0.0143 e. The van der Waals surface area contributed by atoms with Crippen molar-refractivity contribution < 1.29 is 0 Å². The summed E-state index contributed by atoms with van der Waals surface area (Å²) in [6, 6.07) is 0. The van der Waals surface area contributed by atoms with Gasteiger partial charge in [-0.3, -0.25) is 0 Å². The highest BCUT2D eigenvalue weighted by Crippen LogP contribution is 2.19. The fraction of sp³-hybridized carbons (Fsp3) is 0.733. The Kier molecular flexibility index (Phi) is 8.02. The van der Waals surface area contributed by atoms with Crippen molar-refractivity contribution in [2.75, 3.05) is 26.2 Å². The number of unbranched alkanes of at least 4 members (excludes halogenated alkanes) is 1. The van der Waals surface area contributed by atoms with E-state index in [4.69, 9.17) is 0 Å². The highest BCUT2D eigenvalue weighted by atomic mass is 14.8. The van der Waals surface area contributed by atoms with E-state index >= 15 is 0 Å². The lowest BCUT2D eigenvalue weighted by Crippen LogP contribution is -2.16. The Bertz CT molecular complexity index is 243. The van der Waals surface area contributed by atoms with E-state index in [1.807, 2.05) is 0 Å². The summed E-state index contributed by atoms with van der Waals surface area (Å²) in [4.78, 5) is 0. The van der Waals surface area contributed by atoms with Crippen LogP contribution in [0, 0.1) is 5.92 Å². The van der Waals surface area contributed by atoms with Crippen LogP contribution in [0.2, 0.25) is 0 Å². The standard InChI is InChI=1S/C15H28N2/c1-3-10-16-11-5-4-7-14(2)15-8-6-12-17-13-9-15/h6,8-9,14,16-17H,3-5,7,10-13H2,1-2H3. The lowest BCUT2D eigenvalue weighted by atomic mass is 9.94. The quantitative estimate of drug-likeness (QED) is 0.633. The highest BCUT2D eigenvalue weighted by Gasteiger charge is 2.06. The Morgan fingerprint density at radius 3 is 3.00 bits per heavy atom. The van der Waals surface area contributed by atoms with Gasteiger partial charge in [-0.2, -0.15) is 0 Å². The predicted molar refractivity (Wildman–Crippen MR) is 76.3 cm³/mol. The molecule has 0 aliphatic carbocycles. The Balaban J connectivity index is 2.11. The van der Waals surface area contributed by atoms with Gasteiger partial charge in [-0.1, -0.05) is 38.5 Å². The van der Waals surface area contributed by atoms with Gasteiger partial charge >= 0.3 is 0 Å². The van der Waals surface area contributed by atoms with Crippen LogP contribution in [0.5, 0.6) is 0 Å². The molecule has 0 fully saturated rings. The number of nitrogens with one attached hydrogen (secondary N) is 2. The van der Waals surface area contributed by atoms with Gasteiger partial charge in [0.15, 0.2) is 0 Å². The van der Waals surface area contributed by atoms with Crippen molar-refractivity contribution in [2.45, 2.75) is 39.5 Å². The molecule has 1 unspecified atom stereocenters. The fourth-order valence-electron chi connectivity index (χ4n) is 2.15. The third-order valence-electron chi connectivity index (χ3n) is 3.29. The lowest BCUT2D eigenvalue weighted by Gasteiger charge is -2.12. The van der Waals surface area contributed by atoms with Crippen LogP contribution in [0.1, 0.15) is 39.5 Å². The van der Waals surface area contributed by atoms with Crippen LogP contribution < -0.4 is 10.6 Å². The van der Waals surface area contributed by atoms with E-state index in [0.29, 0.717) is 5.92 Å². The first-order chi connectivity index (χ1) is 8.34. The minimum Gasteiger partial charge on any atom is -0.317 e. The minimum atomic E-state index is 0.706. The van der Waals surface area contributed by atoms with Crippen molar-refractivity contribution >= 4 is 0 Å². The molecule has 1 aliphatic rings. The molecule has 0 spiro atoms. The molecule has 0 saturated carbocycles. The van der Waals surface area contributed by atoms with Gasteiger partial charge < -0.3 is 10.6 Å². The monoisotopic (exact) mass is 236 g/mol. The van der Waals surface area contributed by atoms with E-state index in [9.17, 15) is 0 Å². The van der Waals surface area contributed by atoms with Gasteiger partial charge in [-0.05, 0) is 43.8 Å². The molecule has 0 aromatic heterocycles. The van der Waals surface area contributed by atoms with Crippen molar-refractivity contribution in [3.05, 3.63) is 23.8 Å². The molecular weight excluding hydrogens is 208 g/mol. The maximum atomic E-state index is 3.46. The van der Waals surface area contributed by atoms with Crippen LogP contribution in [0.25, 0.3) is 0 Å². The summed E-state index contributed by atoms with van der Waals surface area (Å²) < 4.78 is 0. The first kappa shape index (κ1) is 14.5. The SMILES string of the molecule is CCCNCCCCC(C)C1=CCNCC=C1. The molecule has 2 heteroatoms. The van der Waals surface area contributed by atoms with Crippen LogP contribution in [-0.4, -0.2) is 26.2 Å². The van der Waals surface area contributed by atoms with Crippen molar-refractivity contribution in [3.8, 4) is 0 Å². The molecule has 0 bridgehead atoms. The van der Waals surface area contributed by atoms with E-state index in [-0.39, 0.29) is 0 Å². The number of rotatable bonds is 8. The summed E-state index contributed by atoms with van der Waals surface area (Å²) in [6.07, 6.45) is 12.0. The van der Waals surface area contributed by atoms with Gasteiger partial charge in [-0.25, -0.2) is 0 Å². The van der Waals surface area contributed by atoms with Gasteiger partial charge in [0.05, 0.1) is 0 Å². The van der Waals surface area contributed by atoms with Gasteiger partial charge in [0, 0.05) is 13.1 Å². The summed E-state index contributed by atoms with van der Waals surface area (Å²) in [5, 5.41) is 6.81. The largest absolute Gasteiger partial charge is 0.317 e. The second-order valence-corrected chi connectivity index (χ2v) is 4.91. The van der Waals surface area contributed by atoms with Crippen molar-refractivity contribution in [3.63, 3.8) is 0 Å². The molecule has 0 aromatic rings. The molecular formula is C15H28N2. The van der Waals surface area contributed by atoms with E-state index in [1.165, 1.54) is 37.8 Å². The maximum Gasteiger partial charge on any atom is 0.0143 e. The first-order valence-electron chi connectivity index (χ1n) is 7.12. The van der Waals surface area contributed by atoms with Gasteiger partial charge in [-0.15, -0.1) is 0 Å². The van der Waals surface area contributed by atoms with Crippen LogP contribution >= 0.6 is 0 Å². The molecule has 2 N–H and O–H groups in total. The fourth-order valence-corrected chi connectivity index (χ4v) is 2.15. The third-order valence-corrected chi connectivity index (χ3v) is 3.29. The second-order valence-electron chi connectivity index (χ2n) is 4.91. The molecule has 0 amide bonds. The maximum absolute atomic E-state index is 3.46. The van der Waals surface area contributed by atoms with E-state index in [2.05, 4.69) is 42.7 Å². The summed E-state index contributed by atoms with van der Waals surface area (Å²) >= 11 is 0. The first-order valence-corrected chi connectivity index (χ1v) is 7.12. The summed E-state index contributed by atoms with van der Waals surface area (Å²) in [7, 11) is 0. The molecule has 1 atom stereocenters. The summed E-state index contributed by atoms with van der Waals surface area (Å²) in [5.41, 5.74) is 1.51. The predicted octanol–water partition coefficient (Wildman–Crippen LogP) is 2.88. The molecule has 98 valence electrons. The molecule has 0 aromatic carbocycles. The van der Waals surface area contributed by atoms with Crippen LogP contribution in [0.4, 0.5) is 0 Å². The Hall–Kier alpha value is -0.600. The average molecular weight is 236 g/mol.